The molecule has 0 aliphatic carbocycles. The first kappa shape index (κ1) is 44.9. The van der Waals surface area contributed by atoms with E-state index in [2.05, 4.69) is 59.4 Å². The molecule has 7 nitrogen and oxygen atoms in total. The number of piperidine rings is 1. The van der Waals surface area contributed by atoms with Gasteiger partial charge in [0.2, 0.25) is 0 Å². The molecule has 0 amide bonds. The van der Waals surface area contributed by atoms with Crippen LogP contribution in [0.5, 0.6) is 0 Å². The molecule has 1 aromatic rings. The molecule has 1 fully saturated rings. The fourth-order valence-electron chi connectivity index (χ4n) is 5.06. The molecular weight excluding hydrogens is 568 g/mol. The van der Waals surface area contributed by atoms with Gasteiger partial charge < -0.3 is 16.4 Å². The predicted molar refractivity (Wildman–Crippen MR) is 205 cm³/mol. The summed E-state index contributed by atoms with van der Waals surface area (Å²) in [5.41, 5.74) is 11.5. The Morgan fingerprint density at radius 3 is 1.98 bits per heavy atom. The number of guanidine groups is 1. The van der Waals surface area contributed by atoms with E-state index in [-0.39, 0.29) is 11.7 Å². The number of carbonyl (C=O) groups is 1. The molecule has 2 rings (SSSR count). The number of hydrogen-bond donors (Lipinski definition) is 3. The first-order valence-corrected chi connectivity index (χ1v) is 17.5. The number of aliphatic imine (C=N–C) groups is 2. The number of benzene rings is 1. The lowest BCUT2D eigenvalue weighted by molar-refractivity contribution is 0.0774. The Kier molecular flexibility index (Phi) is 26.3. The van der Waals surface area contributed by atoms with Gasteiger partial charge in [-0.15, -0.1) is 0 Å². The molecule has 0 aromatic heterocycles. The molecule has 262 valence electrons. The van der Waals surface area contributed by atoms with Crippen LogP contribution in [0.4, 0.5) is 0 Å². The Hall–Kier alpha value is -3.19. The lowest BCUT2D eigenvalue weighted by Gasteiger charge is -2.41. The van der Waals surface area contributed by atoms with E-state index in [0.717, 1.165) is 28.9 Å². The van der Waals surface area contributed by atoms with Crippen molar-refractivity contribution in [3.63, 3.8) is 0 Å². The van der Waals surface area contributed by atoms with Crippen molar-refractivity contribution < 1.29 is 4.79 Å². The second-order valence-electron chi connectivity index (χ2n) is 11.8. The highest BCUT2D eigenvalue weighted by atomic mass is 16.1. The number of nitrogens with one attached hydrogen (secondary N) is 2. The molecule has 1 atom stereocenters. The summed E-state index contributed by atoms with van der Waals surface area (Å²) in [5.74, 6) is 0.409. The summed E-state index contributed by atoms with van der Waals surface area (Å²) in [6, 6.07) is 9.36. The molecule has 1 saturated heterocycles. The average molecular weight is 639 g/mol. The largest absolute Gasteiger partial charge is 0.387 e. The lowest BCUT2D eigenvalue weighted by Crippen LogP contribution is -2.46. The summed E-state index contributed by atoms with van der Waals surface area (Å²) in [5, 5.41) is 5.82. The number of likely N-dealkylation sites (tertiary alicyclic amines) is 1. The maximum absolute atomic E-state index is 10.8. The van der Waals surface area contributed by atoms with Crippen LogP contribution in [0.25, 0.3) is 0 Å². The molecule has 1 aliphatic rings. The fourth-order valence-corrected chi connectivity index (χ4v) is 5.06. The lowest BCUT2D eigenvalue weighted by atomic mass is 9.93. The van der Waals surface area contributed by atoms with Gasteiger partial charge in [-0.05, 0) is 73.3 Å². The third-order valence-electron chi connectivity index (χ3n) is 7.86. The topological polar surface area (TPSA) is 95.1 Å². The number of hydrogen-bond acceptors (Lipinski definition) is 5. The van der Waals surface area contributed by atoms with Crippen LogP contribution in [-0.2, 0) is 0 Å². The van der Waals surface area contributed by atoms with Crippen molar-refractivity contribution >= 4 is 17.5 Å². The van der Waals surface area contributed by atoms with Crippen LogP contribution < -0.4 is 16.4 Å². The van der Waals surface area contributed by atoms with Gasteiger partial charge in [-0.25, -0.2) is 4.99 Å². The van der Waals surface area contributed by atoms with Crippen molar-refractivity contribution in [2.24, 2.45) is 15.7 Å². The molecule has 0 spiro atoms. The van der Waals surface area contributed by atoms with E-state index < -0.39 is 0 Å². The van der Waals surface area contributed by atoms with E-state index in [4.69, 9.17) is 5.73 Å². The number of allylic oxidation sites excluding steroid dienone is 2. The van der Waals surface area contributed by atoms with E-state index in [0.29, 0.717) is 17.1 Å². The van der Waals surface area contributed by atoms with Gasteiger partial charge in [0.1, 0.15) is 5.71 Å². The molecular formula is C39H70N6O. The van der Waals surface area contributed by atoms with Crippen LogP contribution in [0.15, 0.2) is 70.1 Å². The molecule has 46 heavy (non-hydrogen) atoms. The van der Waals surface area contributed by atoms with Gasteiger partial charge >= 0.3 is 0 Å². The number of nitrogens with zero attached hydrogens (tertiary/aromatic N) is 3. The number of nitrogens with two attached hydrogens (primary N) is 1. The summed E-state index contributed by atoms with van der Waals surface area (Å²) >= 11 is 0. The van der Waals surface area contributed by atoms with Gasteiger partial charge in [0.15, 0.2) is 11.7 Å². The molecule has 4 N–H and O–H groups in total. The summed E-state index contributed by atoms with van der Waals surface area (Å²) < 4.78 is 0. The molecule has 1 aromatic carbocycles. The van der Waals surface area contributed by atoms with Gasteiger partial charge in [0, 0.05) is 37.4 Å². The number of Topliss-reactive ketones (excluding diaryl/α,β-unsaturated/α-hetero) is 1. The van der Waals surface area contributed by atoms with Gasteiger partial charge in [-0.1, -0.05) is 109 Å². The number of carbonyl (C=O) groups excluding carboxylic acids is 1. The minimum absolute atomic E-state index is 0.125. The SMILES string of the molecule is C=C(NC)C(=NC(C)=C(C)C)C(=C)NC(N)=NC.CC.CC(=O)c1ccc(C)cc1.CCCC(CCC)N1CCCCC1CCC. The zero-order valence-electron chi connectivity index (χ0n) is 31.8. The van der Waals surface area contributed by atoms with Crippen LogP contribution in [0, 0.1) is 6.92 Å². The van der Waals surface area contributed by atoms with Crippen molar-refractivity contribution in [2.75, 3.05) is 20.6 Å². The molecule has 0 radical (unpaired) electrons. The first-order chi connectivity index (χ1) is 21.9. The maximum atomic E-state index is 10.8. The average Bonchev–Trinajstić information content (AvgIpc) is 3.05. The van der Waals surface area contributed by atoms with Gasteiger partial charge in [0.25, 0.3) is 0 Å². The summed E-state index contributed by atoms with van der Waals surface area (Å²) in [6.45, 7) is 29.7. The summed E-state index contributed by atoms with van der Waals surface area (Å²) in [7, 11) is 3.38. The van der Waals surface area contributed by atoms with Gasteiger partial charge in [0.05, 0.1) is 11.4 Å². The molecule has 1 heterocycles. The van der Waals surface area contributed by atoms with Crippen LogP contribution in [0.1, 0.15) is 136 Å². The minimum Gasteiger partial charge on any atom is -0.387 e. The Morgan fingerprint density at radius 2 is 1.54 bits per heavy atom. The van der Waals surface area contributed by atoms with Crippen molar-refractivity contribution in [1.29, 1.82) is 0 Å². The second-order valence-corrected chi connectivity index (χ2v) is 11.8. The summed E-state index contributed by atoms with van der Waals surface area (Å²) in [4.78, 5) is 21.9. The second kappa shape index (κ2) is 27.0. The van der Waals surface area contributed by atoms with Crippen molar-refractivity contribution in [2.45, 2.75) is 139 Å². The normalized spacial score (nSPS) is 14.8. The van der Waals surface area contributed by atoms with Crippen LogP contribution in [-0.4, -0.2) is 55.1 Å². The maximum Gasteiger partial charge on any atom is 0.192 e. The van der Waals surface area contributed by atoms with E-state index in [1.807, 2.05) is 65.8 Å². The first-order valence-electron chi connectivity index (χ1n) is 17.5. The van der Waals surface area contributed by atoms with Gasteiger partial charge in [-0.3, -0.25) is 14.7 Å². The Bertz CT molecular complexity index is 1090. The van der Waals surface area contributed by atoms with E-state index in [9.17, 15) is 4.79 Å². The standard InChI is InChI=1S/C15H31N.C13H23N5.C9H10O.C2H6/c1-4-9-14(10-5-2)16-13-8-7-12-15(16)11-6-3;1-8(2)9(3)17-12(10(4)15-6)11(5)18-13(14)16-7;1-7-3-5-9(6-4-7)8(2)10;1-2/h14-15H,4-13H2,1-3H3;15H,4-5H2,1-3,6-7H3,(H3,14,16,18);3-6H,1-2H3;1-2H3. The molecule has 1 unspecified atom stereocenters. The highest BCUT2D eigenvalue weighted by Gasteiger charge is 2.27. The van der Waals surface area contributed by atoms with E-state index in [1.54, 1.807) is 21.0 Å². The highest BCUT2D eigenvalue weighted by molar-refractivity contribution is 6.13. The third kappa shape index (κ3) is 18.7. The number of ketones is 1. The summed E-state index contributed by atoms with van der Waals surface area (Å²) in [6.07, 6.45) is 12.6. The quantitative estimate of drug-likeness (QED) is 0.114. The molecule has 1 aliphatic heterocycles. The van der Waals surface area contributed by atoms with Crippen LogP contribution in [0.3, 0.4) is 0 Å². The van der Waals surface area contributed by atoms with Crippen LogP contribution in [0.2, 0.25) is 0 Å². The highest BCUT2D eigenvalue weighted by Crippen LogP contribution is 2.26. The van der Waals surface area contributed by atoms with E-state index in [1.165, 1.54) is 69.9 Å². The zero-order chi connectivity index (χ0) is 35.7. The fraction of sp³-hybridized carbons (Fsp3) is 0.615. The zero-order valence-corrected chi connectivity index (χ0v) is 31.8. The predicted octanol–water partition coefficient (Wildman–Crippen LogP) is 9.36. The molecule has 0 bridgehead atoms. The molecule has 0 saturated carbocycles. The number of rotatable bonds is 13. The monoisotopic (exact) mass is 639 g/mol. The van der Waals surface area contributed by atoms with Crippen LogP contribution >= 0.6 is 0 Å². The Balaban J connectivity index is 0. The third-order valence-corrected chi connectivity index (χ3v) is 7.86. The Morgan fingerprint density at radius 1 is 0.978 bits per heavy atom. The van der Waals surface area contributed by atoms with Gasteiger partial charge in [-0.2, -0.15) is 0 Å². The minimum atomic E-state index is 0.125. The Labute approximate surface area is 284 Å². The van der Waals surface area contributed by atoms with Crippen molar-refractivity contribution in [3.05, 3.63) is 71.2 Å². The number of aryl methyl sites for hydroxylation is 1. The van der Waals surface area contributed by atoms with Crippen molar-refractivity contribution in [3.8, 4) is 0 Å². The van der Waals surface area contributed by atoms with E-state index >= 15 is 0 Å². The molecule has 7 heteroatoms. The smallest absolute Gasteiger partial charge is 0.192 e. The van der Waals surface area contributed by atoms with Crippen molar-refractivity contribution in [1.82, 2.24) is 15.5 Å².